The van der Waals surface area contributed by atoms with Gasteiger partial charge in [0.25, 0.3) is 0 Å². The summed E-state index contributed by atoms with van der Waals surface area (Å²) in [4.78, 5) is 0. The Morgan fingerprint density at radius 2 is 2.06 bits per heavy atom. The van der Waals surface area contributed by atoms with E-state index in [-0.39, 0.29) is 0 Å². The van der Waals surface area contributed by atoms with E-state index in [1.54, 1.807) is 0 Å². The molecule has 0 spiro atoms. The molecule has 0 rings (SSSR count). The summed E-state index contributed by atoms with van der Waals surface area (Å²) in [5.41, 5.74) is 4.85. The molecule has 0 aromatic carbocycles. The van der Waals surface area contributed by atoms with Crippen molar-refractivity contribution >= 4 is 0 Å². The number of nitrogens with two attached hydrogens (primary N) is 1. The van der Waals surface area contributed by atoms with Crippen molar-refractivity contribution in [1.82, 2.24) is 0 Å². The molecular weight excluding hydrogens is 202 g/mol. The van der Waals surface area contributed by atoms with E-state index in [9.17, 15) is 5.11 Å². The molecule has 0 aromatic rings. The van der Waals surface area contributed by atoms with Crippen LogP contribution in [-0.2, 0) is 4.74 Å². The minimum absolute atomic E-state index is 0.343. The average molecular weight is 231 g/mol. The van der Waals surface area contributed by atoms with Crippen LogP contribution >= 0.6 is 0 Å². The smallest absolute Gasteiger partial charge is 0.0767 e. The van der Waals surface area contributed by atoms with E-state index in [0.29, 0.717) is 12.5 Å². The van der Waals surface area contributed by atoms with Crippen molar-refractivity contribution in [2.24, 2.45) is 11.7 Å². The van der Waals surface area contributed by atoms with Gasteiger partial charge in [-0.15, -0.1) is 0 Å². The highest BCUT2D eigenvalue weighted by Gasteiger charge is 2.21. The van der Waals surface area contributed by atoms with Crippen LogP contribution in [0.15, 0.2) is 0 Å². The molecule has 0 aliphatic heterocycles. The molecule has 0 fully saturated rings. The molecule has 16 heavy (non-hydrogen) atoms. The molecule has 2 atom stereocenters. The van der Waals surface area contributed by atoms with Gasteiger partial charge in [-0.05, 0) is 31.6 Å². The number of hydrogen-bond acceptors (Lipinski definition) is 3. The Morgan fingerprint density at radius 3 is 2.56 bits per heavy atom. The molecule has 0 saturated heterocycles. The lowest BCUT2D eigenvalue weighted by atomic mass is 9.95. The van der Waals surface area contributed by atoms with Crippen molar-refractivity contribution in [1.29, 1.82) is 0 Å². The molecule has 0 aliphatic rings. The first-order valence-electron chi connectivity index (χ1n) is 6.58. The van der Waals surface area contributed by atoms with E-state index in [0.717, 1.165) is 32.5 Å². The molecule has 0 aromatic heterocycles. The van der Waals surface area contributed by atoms with Crippen LogP contribution in [0, 0.1) is 5.92 Å². The third-order valence-corrected chi connectivity index (χ3v) is 3.15. The van der Waals surface area contributed by atoms with Crippen molar-refractivity contribution < 1.29 is 9.84 Å². The van der Waals surface area contributed by atoms with Crippen LogP contribution in [0.25, 0.3) is 0 Å². The summed E-state index contributed by atoms with van der Waals surface area (Å²) in [6, 6.07) is 0. The monoisotopic (exact) mass is 231 g/mol. The fourth-order valence-electron chi connectivity index (χ4n) is 1.79. The second-order valence-electron chi connectivity index (χ2n) is 4.85. The van der Waals surface area contributed by atoms with Crippen LogP contribution in [-0.4, -0.2) is 30.5 Å². The summed E-state index contributed by atoms with van der Waals surface area (Å²) in [5.74, 6) is 0.643. The van der Waals surface area contributed by atoms with Gasteiger partial charge in [0.05, 0.1) is 5.60 Å². The molecule has 0 bridgehead atoms. The van der Waals surface area contributed by atoms with E-state index in [4.69, 9.17) is 10.5 Å². The number of aliphatic hydroxyl groups is 1. The average Bonchev–Trinajstić information content (AvgIpc) is 2.28. The molecule has 0 heterocycles. The lowest BCUT2D eigenvalue weighted by Crippen LogP contribution is -2.37. The summed E-state index contributed by atoms with van der Waals surface area (Å²) in [7, 11) is 0. The first kappa shape index (κ1) is 15.9. The van der Waals surface area contributed by atoms with Crippen molar-refractivity contribution in [3.05, 3.63) is 0 Å². The second-order valence-corrected chi connectivity index (χ2v) is 4.85. The molecule has 3 N–H and O–H groups in total. The van der Waals surface area contributed by atoms with Crippen molar-refractivity contribution in [2.75, 3.05) is 19.8 Å². The predicted octanol–water partition coefficient (Wildman–Crippen LogP) is 2.32. The molecule has 0 aliphatic carbocycles. The largest absolute Gasteiger partial charge is 0.389 e. The second kappa shape index (κ2) is 8.97. The highest BCUT2D eigenvalue weighted by atomic mass is 16.5. The molecule has 0 amide bonds. The Labute approximate surface area is 100 Å². The predicted molar refractivity (Wildman–Crippen MR) is 68.4 cm³/mol. The molecule has 3 nitrogen and oxygen atoms in total. The Morgan fingerprint density at radius 1 is 1.38 bits per heavy atom. The van der Waals surface area contributed by atoms with Crippen molar-refractivity contribution in [3.8, 4) is 0 Å². The van der Waals surface area contributed by atoms with Gasteiger partial charge in [0.15, 0.2) is 0 Å². The van der Waals surface area contributed by atoms with Crippen molar-refractivity contribution in [3.63, 3.8) is 0 Å². The minimum Gasteiger partial charge on any atom is -0.389 e. The Kier molecular flexibility index (Phi) is 8.90. The fourth-order valence-corrected chi connectivity index (χ4v) is 1.79. The van der Waals surface area contributed by atoms with Gasteiger partial charge >= 0.3 is 0 Å². The molecular formula is C13H29NO2. The van der Waals surface area contributed by atoms with Gasteiger partial charge in [-0.1, -0.05) is 27.2 Å². The number of ether oxygens (including phenoxy) is 1. The van der Waals surface area contributed by atoms with Gasteiger partial charge < -0.3 is 15.6 Å². The lowest BCUT2D eigenvalue weighted by molar-refractivity contribution is 0.0206. The van der Waals surface area contributed by atoms with E-state index in [1.807, 2.05) is 6.92 Å². The number of hydrogen-bond donors (Lipinski definition) is 2. The van der Waals surface area contributed by atoms with Crippen LogP contribution in [0.2, 0.25) is 0 Å². The zero-order valence-electron chi connectivity index (χ0n) is 11.2. The van der Waals surface area contributed by atoms with Crippen molar-refractivity contribution in [2.45, 2.75) is 58.5 Å². The lowest BCUT2D eigenvalue weighted by Gasteiger charge is -2.24. The van der Waals surface area contributed by atoms with Crippen LogP contribution in [0.1, 0.15) is 52.9 Å². The topological polar surface area (TPSA) is 55.5 Å². The quantitative estimate of drug-likeness (QED) is 0.567. The Bertz CT molecular complexity index is 158. The normalized spacial score (nSPS) is 17.1. The zero-order valence-corrected chi connectivity index (χ0v) is 11.2. The first-order valence-corrected chi connectivity index (χ1v) is 6.58. The Balaban J connectivity index is 3.46. The maximum Gasteiger partial charge on any atom is 0.0767 e. The fraction of sp³-hybridized carbons (Fsp3) is 1.00. The van der Waals surface area contributed by atoms with E-state index in [1.165, 1.54) is 12.8 Å². The van der Waals surface area contributed by atoms with Gasteiger partial charge in [-0.3, -0.25) is 0 Å². The van der Waals surface area contributed by atoms with Crippen LogP contribution < -0.4 is 5.73 Å². The summed E-state index contributed by atoms with van der Waals surface area (Å²) < 4.78 is 5.58. The van der Waals surface area contributed by atoms with E-state index >= 15 is 0 Å². The number of rotatable bonds is 10. The summed E-state index contributed by atoms with van der Waals surface area (Å²) in [6.07, 6.45) is 4.78. The van der Waals surface area contributed by atoms with Gasteiger partial charge in [0, 0.05) is 19.8 Å². The first-order chi connectivity index (χ1) is 7.58. The van der Waals surface area contributed by atoms with Gasteiger partial charge in [0.1, 0.15) is 0 Å². The summed E-state index contributed by atoms with van der Waals surface area (Å²) in [5, 5.41) is 9.94. The van der Waals surface area contributed by atoms with Gasteiger partial charge in [-0.25, -0.2) is 0 Å². The van der Waals surface area contributed by atoms with E-state index in [2.05, 4.69) is 13.8 Å². The Hall–Kier alpha value is -0.120. The SMILES string of the molecule is CCCC(C)COCCCC(O)(CC)CN. The zero-order chi connectivity index (χ0) is 12.4. The van der Waals surface area contributed by atoms with Crippen LogP contribution in [0.4, 0.5) is 0 Å². The highest BCUT2D eigenvalue weighted by Crippen LogP contribution is 2.15. The van der Waals surface area contributed by atoms with Gasteiger partial charge in [-0.2, -0.15) is 0 Å². The third kappa shape index (κ3) is 7.20. The van der Waals surface area contributed by atoms with E-state index < -0.39 is 5.60 Å². The summed E-state index contributed by atoms with van der Waals surface area (Å²) >= 11 is 0. The van der Waals surface area contributed by atoms with Crippen LogP contribution in [0.5, 0.6) is 0 Å². The molecule has 98 valence electrons. The maximum absolute atomic E-state index is 9.94. The van der Waals surface area contributed by atoms with Gasteiger partial charge in [0.2, 0.25) is 0 Å². The molecule has 3 heteroatoms. The molecule has 0 radical (unpaired) electrons. The standard InChI is InChI=1S/C13H29NO2/c1-4-7-12(3)10-16-9-6-8-13(15,5-2)11-14/h12,15H,4-11,14H2,1-3H3. The highest BCUT2D eigenvalue weighted by molar-refractivity contribution is 4.77. The molecule has 2 unspecified atom stereocenters. The molecule has 0 saturated carbocycles. The summed E-state index contributed by atoms with van der Waals surface area (Å²) in [6.45, 7) is 8.29. The third-order valence-electron chi connectivity index (χ3n) is 3.15. The van der Waals surface area contributed by atoms with Crippen LogP contribution in [0.3, 0.4) is 0 Å². The maximum atomic E-state index is 9.94. The minimum atomic E-state index is -0.682.